The molecule has 0 rings (SSSR count). The van der Waals surface area contributed by atoms with Crippen molar-refractivity contribution in [2.75, 3.05) is 33.7 Å². The molecule has 0 radical (unpaired) electrons. The Hall–Kier alpha value is -0.540. The minimum Gasteiger partial charge on any atom is -0.405 e. The normalized spacial score (nSPS) is 11.5. The molecule has 0 aliphatic carbocycles. The zero-order chi connectivity index (χ0) is 7.82. The molecule has 3 nitrogen and oxygen atoms in total. The van der Waals surface area contributed by atoms with Gasteiger partial charge >= 0.3 is 0 Å². The van der Waals surface area contributed by atoms with E-state index in [1.54, 1.807) is 6.20 Å². The fourth-order valence-corrected chi connectivity index (χ4v) is 0.635. The summed E-state index contributed by atoms with van der Waals surface area (Å²) >= 11 is 0. The predicted molar refractivity (Wildman–Crippen MR) is 44.8 cm³/mol. The molecule has 0 aliphatic rings. The van der Waals surface area contributed by atoms with Crippen molar-refractivity contribution in [1.82, 2.24) is 10.2 Å². The zero-order valence-corrected chi connectivity index (χ0v) is 6.80. The van der Waals surface area contributed by atoms with E-state index in [0.717, 1.165) is 19.6 Å². The average Bonchev–Trinajstić information content (AvgIpc) is 1.97. The molecule has 60 valence electrons. The summed E-state index contributed by atoms with van der Waals surface area (Å²) in [5.41, 5.74) is 5.18. The summed E-state index contributed by atoms with van der Waals surface area (Å²) in [5, 5.41) is 3.08. The van der Waals surface area contributed by atoms with E-state index in [0.29, 0.717) is 0 Å². The Labute approximate surface area is 62.9 Å². The molecule has 0 atom stereocenters. The van der Waals surface area contributed by atoms with Crippen molar-refractivity contribution in [1.29, 1.82) is 0 Å². The van der Waals surface area contributed by atoms with Crippen molar-refractivity contribution in [3.05, 3.63) is 12.3 Å². The molecule has 0 saturated carbocycles. The summed E-state index contributed by atoms with van der Waals surface area (Å²) in [7, 11) is 4.02. The number of likely N-dealkylation sites (N-methyl/N-ethyl adjacent to an activating group) is 2. The molecule has 0 aromatic heterocycles. The maximum atomic E-state index is 5.18. The minimum absolute atomic E-state index is 0.929. The quantitative estimate of drug-likeness (QED) is 0.551. The highest BCUT2D eigenvalue weighted by Crippen LogP contribution is 1.79. The van der Waals surface area contributed by atoms with Crippen LogP contribution in [0.1, 0.15) is 0 Å². The molecule has 0 bridgehead atoms. The fourth-order valence-electron chi connectivity index (χ4n) is 0.635. The molecule has 3 N–H and O–H groups in total. The number of nitrogens with zero attached hydrogens (tertiary/aromatic N) is 1. The van der Waals surface area contributed by atoms with Crippen LogP contribution in [0.3, 0.4) is 0 Å². The molecule has 10 heavy (non-hydrogen) atoms. The Bertz CT molecular complexity index is 90.9. The van der Waals surface area contributed by atoms with E-state index >= 15 is 0 Å². The van der Waals surface area contributed by atoms with E-state index < -0.39 is 0 Å². The summed E-state index contributed by atoms with van der Waals surface area (Å²) in [4.78, 5) is 2.19. The van der Waals surface area contributed by atoms with Gasteiger partial charge in [0.05, 0.1) is 0 Å². The van der Waals surface area contributed by atoms with Gasteiger partial charge in [0.25, 0.3) is 0 Å². The van der Waals surface area contributed by atoms with Crippen LogP contribution < -0.4 is 11.1 Å². The molecule has 0 aliphatic heterocycles. The smallest absolute Gasteiger partial charge is 0.0177 e. The largest absolute Gasteiger partial charge is 0.405 e. The third kappa shape index (κ3) is 5.59. The van der Waals surface area contributed by atoms with E-state index in [2.05, 4.69) is 17.3 Å². The first-order valence-corrected chi connectivity index (χ1v) is 3.51. The molecular formula is C7H17N3. The van der Waals surface area contributed by atoms with E-state index in [9.17, 15) is 0 Å². The number of nitrogens with two attached hydrogens (primary N) is 1. The first kappa shape index (κ1) is 9.46. The van der Waals surface area contributed by atoms with Crippen molar-refractivity contribution in [3.63, 3.8) is 0 Å². The summed E-state index contributed by atoms with van der Waals surface area (Å²) in [6, 6.07) is 0. The second-order valence-electron chi connectivity index (χ2n) is 2.29. The lowest BCUT2D eigenvalue weighted by molar-refractivity contribution is 0.370. The summed E-state index contributed by atoms with van der Waals surface area (Å²) in [6.07, 6.45) is 3.52. The molecule has 0 heterocycles. The van der Waals surface area contributed by atoms with Crippen LogP contribution in [0.2, 0.25) is 0 Å². The number of hydrogen-bond donors (Lipinski definition) is 2. The summed E-state index contributed by atoms with van der Waals surface area (Å²) < 4.78 is 0. The van der Waals surface area contributed by atoms with E-state index in [-0.39, 0.29) is 0 Å². The van der Waals surface area contributed by atoms with E-state index in [1.807, 2.05) is 13.1 Å². The molecule has 0 aromatic rings. The van der Waals surface area contributed by atoms with Gasteiger partial charge in [0.1, 0.15) is 0 Å². The van der Waals surface area contributed by atoms with Gasteiger partial charge < -0.3 is 16.0 Å². The second kappa shape index (κ2) is 6.58. The molecule has 0 aromatic carbocycles. The molecule has 3 heteroatoms. The monoisotopic (exact) mass is 143 g/mol. The molecule has 0 spiro atoms. The second-order valence-corrected chi connectivity index (χ2v) is 2.29. The standard InChI is InChI=1S/C7H17N3/c1-9-5-7-10(2)6-3-4-8/h3-4,9H,5-8H2,1-2H3/b4-3+. The van der Waals surface area contributed by atoms with Gasteiger partial charge in [-0.2, -0.15) is 0 Å². The van der Waals surface area contributed by atoms with Crippen LogP contribution >= 0.6 is 0 Å². The molecule has 0 unspecified atom stereocenters. The maximum absolute atomic E-state index is 5.18. The highest BCUT2D eigenvalue weighted by Gasteiger charge is 1.91. The topological polar surface area (TPSA) is 41.3 Å². The zero-order valence-electron chi connectivity index (χ0n) is 6.80. The van der Waals surface area contributed by atoms with Gasteiger partial charge in [-0.15, -0.1) is 0 Å². The van der Waals surface area contributed by atoms with Gasteiger partial charge in [-0.1, -0.05) is 6.08 Å². The molecular weight excluding hydrogens is 126 g/mol. The first-order chi connectivity index (χ1) is 4.81. The molecule has 0 fully saturated rings. The van der Waals surface area contributed by atoms with Crippen molar-refractivity contribution < 1.29 is 0 Å². The lowest BCUT2D eigenvalue weighted by atomic mass is 10.5. The highest BCUT2D eigenvalue weighted by atomic mass is 15.1. The molecule has 0 amide bonds. The van der Waals surface area contributed by atoms with E-state index in [4.69, 9.17) is 5.73 Å². The van der Waals surface area contributed by atoms with Crippen LogP contribution in [0.25, 0.3) is 0 Å². The minimum atomic E-state index is 0.929. The van der Waals surface area contributed by atoms with Gasteiger partial charge in [0, 0.05) is 19.6 Å². The lowest BCUT2D eigenvalue weighted by Gasteiger charge is -2.12. The van der Waals surface area contributed by atoms with Gasteiger partial charge in [0.15, 0.2) is 0 Å². The Morgan fingerprint density at radius 3 is 2.80 bits per heavy atom. The van der Waals surface area contributed by atoms with Crippen LogP contribution in [-0.4, -0.2) is 38.6 Å². The fraction of sp³-hybridized carbons (Fsp3) is 0.714. The maximum Gasteiger partial charge on any atom is 0.0177 e. The Kier molecular flexibility index (Phi) is 6.22. The third-order valence-electron chi connectivity index (χ3n) is 1.30. The van der Waals surface area contributed by atoms with E-state index in [1.165, 1.54) is 0 Å². The van der Waals surface area contributed by atoms with Crippen molar-refractivity contribution in [3.8, 4) is 0 Å². The van der Waals surface area contributed by atoms with Crippen LogP contribution in [-0.2, 0) is 0 Å². The number of nitrogens with one attached hydrogen (secondary N) is 1. The Morgan fingerprint density at radius 1 is 1.60 bits per heavy atom. The van der Waals surface area contributed by atoms with Crippen LogP contribution in [0.4, 0.5) is 0 Å². The lowest BCUT2D eigenvalue weighted by Crippen LogP contribution is -2.27. The van der Waals surface area contributed by atoms with Gasteiger partial charge in [0.2, 0.25) is 0 Å². The Balaban J connectivity index is 3.16. The van der Waals surface area contributed by atoms with Crippen LogP contribution in [0.15, 0.2) is 12.3 Å². The third-order valence-corrected chi connectivity index (χ3v) is 1.30. The predicted octanol–water partition coefficient (Wildman–Crippen LogP) is -0.390. The number of hydrogen-bond acceptors (Lipinski definition) is 3. The van der Waals surface area contributed by atoms with Crippen molar-refractivity contribution >= 4 is 0 Å². The Morgan fingerprint density at radius 2 is 2.30 bits per heavy atom. The highest BCUT2D eigenvalue weighted by molar-refractivity contribution is 4.78. The van der Waals surface area contributed by atoms with Crippen LogP contribution in [0.5, 0.6) is 0 Å². The van der Waals surface area contributed by atoms with Gasteiger partial charge in [-0.3, -0.25) is 0 Å². The summed E-state index contributed by atoms with van der Waals surface area (Å²) in [6.45, 7) is 3.01. The van der Waals surface area contributed by atoms with Gasteiger partial charge in [-0.05, 0) is 20.3 Å². The van der Waals surface area contributed by atoms with Crippen molar-refractivity contribution in [2.24, 2.45) is 5.73 Å². The summed E-state index contributed by atoms with van der Waals surface area (Å²) in [5.74, 6) is 0. The SMILES string of the molecule is CNCCN(C)C/C=C/N. The van der Waals surface area contributed by atoms with Gasteiger partial charge in [-0.25, -0.2) is 0 Å². The number of rotatable bonds is 5. The van der Waals surface area contributed by atoms with Crippen LogP contribution in [0, 0.1) is 0 Å². The first-order valence-electron chi connectivity index (χ1n) is 3.51. The average molecular weight is 143 g/mol. The van der Waals surface area contributed by atoms with Crippen molar-refractivity contribution in [2.45, 2.75) is 0 Å². The molecule has 0 saturated heterocycles.